The van der Waals surface area contributed by atoms with Crippen LogP contribution < -0.4 is 0 Å². The van der Waals surface area contributed by atoms with E-state index in [2.05, 4.69) is 20.9 Å². The molecule has 0 fully saturated rings. The second-order valence-corrected chi connectivity index (χ2v) is 6.24. The summed E-state index contributed by atoms with van der Waals surface area (Å²) in [5, 5.41) is 1.03. The van der Waals surface area contributed by atoms with Gasteiger partial charge in [-0.25, -0.2) is 0 Å². The smallest absolute Gasteiger partial charge is 0.310 e. The lowest BCUT2D eigenvalue weighted by Crippen LogP contribution is -2.13. The molecule has 0 atom stereocenters. The lowest BCUT2D eigenvalue weighted by atomic mass is 10.1. The summed E-state index contributed by atoms with van der Waals surface area (Å²) < 4.78 is 6.22. The summed E-state index contributed by atoms with van der Waals surface area (Å²) in [4.78, 5) is 16.3. The van der Waals surface area contributed by atoms with Crippen molar-refractivity contribution in [3.63, 3.8) is 0 Å². The topological polar surface area (TPSA) is 39.2 Å². The molecule has 1 heterocycles. The number of carbonyl (C=O) groups is 1. The summed E-state index contributed by atoms with van der Waals surface area (Å²) in [5.41, 5.74) is 2.72. The van der Waals surface area contributed by atoms with Crippen molar-refractivity contribution >= 4 is 32.8 Å². The van der Waals surface area contributed by atoms with Crippen LogP contribution in [-0.4, -0.2) is 17.6 Å². The van der Waals surface area contributed by atoms with Crippen LogP contribution >= 0.6 is 15.9 Å². The summed E-state index contributed by atoms with van der Waals surface area (Å²) >= 11 is 3.44. The number of carbonyl (C=O) groups excluding carboxylic acids is 1. The van der Waals surface area contributed by atoms with E-state index < -0.39 is 0 Å². The zero-order valence-electron chi connectivity index (χ0n) is 11.9. The highest BCUT2D eigenvalue weighted by atomic mass is 79.9. The molecule has 20 heavy (non-hydrogen) atoms. The van der Waals surface area contributed by atoms with Crippen molar-refractivity contribution in [3.05, 3.63) is 40.0 Å². The second kappa shape index (κ2) is 6.35. The maximum absolute atomic E-state index is 11.8. The molecule has 0 radical (unpaired) electrons. The second-order valence-electron chi connectivity index (χ2n) is 5.32. The molecule has 0 saturated carbocycles. The van der Waals surface area contributed by atoms with Gasteiger partial charge in [-0.15, -0.1) is 0 Å². The molecule has 106 valence electrons. The van der Waals surface area contributed by atoms with E-state index in [1.165, 1.54) is 0 Å². The average Bonchev–Trinajstić information content (AvgIpc) is 2.37. The number of aromatic nitrogens is 1. The van der Waals surface area contributed by atoms with Crippen LogP contribution in [0.25, 0.3) is 10.9 Å². The lowest BCUT2D eigenvalue weighted by Gasteiger charge is -2.09. The molecule has 4 heteroatoms. The number of fused-ring (bicyclic) bond motifs is 1. The molecule has 1 aromatic carbocycles. The van der Waals surface area contributed by atoms with Crippen LogP contribution in [0.5, 0.6) is 0 Å². The molecular formula is C16H18BrNO2. The van der Waals surface area contributed by atoms with Crippen molar-refractivity contribution in [1.82, 2.24) is 4.98 Å². The van der Waals surface area contributed by atoms with Crippen LogP contribution in [0.3, 0.4) is 0 Å². The first-order valence-electron chi connectivity index (χ1n) is 6.67. The molecule has 0 unspecified atom stereocenters. The molecule has 1 aromatic heterocycles. The fourth-order valence-corrected chi connectivity index (χ4v) is 2.27. The predicted octanol–water partition coefficient (Wildman–Crippen LogP) is 4.05. The Kier molecular flexibility index (Phi) is 4.76. The van der Waals surface area contributed by atoms with Crippen LogP contribution in [0.15, 0.2) is 28.7 Å². The van der Waals surface area contributed by atoms with Gasteiger partial charge in [0.2, 0.25) is 0 Å². The number of benzene rings is 1. The monoisotopic (exact) mass is 335 g/mol. The minimum Gasteiger partial charge on any atom is -0.465 e. The van der Waals surface area contributed by atoms with Crippen LogP contribution in [0.1, 0.15) is 25.1 Å². The third kappa shape index (κ3) is 3.79. The van der Waals surface area contributed by atoms with E-state index in [0.717, 1.165) is 26.6 Å². The summed E-state index contributed by atoms with van der Waals surface area (Å²) in [6.07, 6.45) is 0.275. The Balaban J connectivity index is 2.20. The van der Waals surface area contributed by atoms with E-state index in [1.54, 1.807) is 0 Å². The Morgan fingerprint density at radius 3 is 2.80 bits per heavy atom. The number of halogens is 1. The van der Waals surface area contributed by atoms with Gasteiger partial charge in [0, 0.05) is 15.6 Å². The molecule has 3 nitrogen and oxygen atoms in total. The largest absolute Gasteiger partial charge is 0.465 e. The molecule has 0 spiro atoms. The summed E-state index contributed by atoms with van der Waals surface area (Å²) in [6, 6.07) is 7.96. The fraction of sp³-hybridized carbons (Fsp3) is 0.375. The Labute approximate surface area is 127 Å². The van der Waals surface area contributed by atoms with Gasteiger partial charge >= 0.3 is 5.97 Å². The van der Waals surface area contributed by atoms with E-state index in [0.29, 0.717) is 12.5 Å². The molecular weight excluding hydrogens is 318 g/mol. The first kappa shape index (κ1) is 15.0. The predicted molar refractivity (Wildman–Crippen MR) is 83.7 cm³/mol. The van der Waals surface area contributed by atoms with E-state index in [1.807, 2.05) is 45.0 Å². The quantitative estimate of drug-likeness (QED) is 0.791. The maximum atomic E-state index is 11.8. The van der Waals surface area contributed by atoms with Gasteiger partial charge in [-0.05, 0) is 36.6 Å². The number of pyridine rings is 1. The van der Waals surface area contributed by atoms with Crippen molar-refractivity contribution in [2.45, 2.75) is 27.2 Å². The van der Waals surface area contributed by atoms with Crippen LogP contribution in [0.4, 0.5) is 0 Å². The zero-order chi connectivity index (χ0) is 14.7. The standard InChI is InChI=1S/C16H18BrNO2/c1-10(2)9-20-16(19)7-13-6-12-4-5-14(17)8-15(12)18-11(13)3/h4-6,8,10H,7,9H2,1-3H3. The number of rotatable bonds is 4. The van der Waals surface area contributed by atoms with Gasteiger partial charge in [0.1, 0.15) is 0 Å². The van der Waals surface area contributed by atoms with Gasteiger partial charge in [0.05, 0.1) is 18.5 Å². The van der Waals surface area contributed by atoms with Gasteiger partial charge in [0.25, 0.3) is 0 Å². The Bertz CT molecular complexity index is 638. The van der Waals surface area contributed by atoms with Gasteiger partial charge in [-0.3, -0.25) is 9.78 Å². The highest BCUT2D eigenvalue weighted by molar-refractivity contribution is 9.10. The molecule has 0 aliphatic rings. The highest BCUT2D eigenvalue weighted by Crippen LogP contribution is 2.21. The zero-order valence-corrected chi connectivity index (χ0v) is 13.5. The normalized spacial score (nSPS) is 11.1. The molecule has 0 bridgehead atoms. The van der Waals surface area contributed by atoms with E-state index in [9.17, 15) is 4.79 Å². The highest BCUT2D eigenvalue weighted by Gasteiger charge is 2.10. The number of ether oxygens (including phenoxy) is 1. The Morgan fingerprint density at radius 1 is 1.35 bits per heavy atom. The average molecular weight is 336 g/mol. The van der Waals surface area contributed by atoms with E-state index >= 15 is 0 Å². The minimum atomic E-state index is -0.194. The molecule has 0 aliphatic carbocycles. The van der Waals surface area contributed by atoms with Crippen molar-refractivity contribution in [2.75, 3.05) is 6.61 Å². The fourth-order valence-electron chi connectivity index (χ4n) is 1.93. The molecule has 0 aliphatic heterocycles. The minimum absolute atomic E-state index is 0.194. The third-order valence-electron chi connectivity index (χ3n) is 2.99. The van der Waals surface area contributed by atoms with Crippen molar-refractivity contribution in [2.24, 2.45) is 5.92 Å². The van der Waals surface area contributed by atoms with Crippen molar-refractivity contribution in [1.29, 1.82) is 0 Å². The SMILES string of the molecule is Cc1nc2cc(Br)ccc2cc1CC(=O)OCC(C)C. The Hall–Kier alpha value is -1.42. The third-order valence-corrected chi connectivity index (χ3v) is 3.48. The number of nitrogens with zero attached hydrogens (tertiary/aromatic N) is 1. The van der Waals surface area contributed by atoms with Gasteiger partial charge in [-0.1, -0.05) is 35.8 Å². The van der Waals surface area contributed by atoms with Crippen LogP contribution in [0, 0.1) is 12.8 Å². The number of aryl methyl sites for hydroxylation is 1. The molecule has 0 saturated heterocycles. The summed E-state index contributed by atoms with van der Waals surface area (Å²) in [5.74, 6) is 0.159. The van der Waals surface area contributed by atoms with Crippen LogP contribution in [0.2, 0.25) is 0 Å². The Morgan fingerprint density at radius 2 is 2.10 bits per heavy atom. The van der Waals surface area contributed by atoms with Gasteiger partial charge in [-0.2, -0.15) is 0 Å². The first-order chi connectivity index (χ1) is 9.45. The lowest BCUT2D eigenvalue weighted by molar-refractivity contribution is -0.143. The number of esters is 1. The van der Waals surface area contributed by atoms with Gasteiger partial charge < -0.3 is 4.74 Å². The summed E-state index contributed by atoms with van der Waals surface area (Å²) in [7, 11) is 0. The van der Waals surface area contributed by atoms with Crippen LogP contribution in [-0.2, 0) is 16.0 Å². The molecule has 2 rings (SSSR count). The molecule has 0 amide bonds. The number of hydrogen-bond acceptors (Lipinski definition) is 3. The van der Waals surface area contributed by atoms with Gasteiger partial charge in [0.15, 0.2) is 0 Å². The van der Waals surface area contributed by atoms with E-state index in [4.69, 9.17) is 4.74 Å². The molecule has 2 aromatic rings. The molecule has 0 N–H and O–H groups in total. The van der Waals surface area contributed by atoms with E-state index in [-0.39, 0.29) is 12.4 Å². The maximum Gasteiger partial charge on any atom is 0.310 e. The first-order valence-corrected chi connectivity index (χ1v) is 7.46. The number of hydrogen-bond donors (Lipinski definition) is 0. The summed E-state index contributed by atoms with van der Waals surface area (Å²) in [6.45, 7) is 6.43. The van der Waals surface area contributed by atoms with Crippen molar-refractivity contribution in [3.8, 4) is 0 Å². The van der Waals surface area contributed by atoms with Crippen molar-refractivity contribution < 1.29 is 9.53 Å².